The molecule has 0 unspecified atom stereocenters. The summed E-state index contributed by atoms with van der Waals surface area (Å²) in [5, 5.41) is 9.56. The summed E-state index contributed by atoms with van der Waals surface area (Å²) in [5.74, 6) is -0.872. The number of carboxylic acid groups (broad SMARTS) is 1. The second-order valence-corrected chi connectivity index (χ2v) is 6.29. The zero-order chi connectivity index (χ0) is 18.4. The Kier molecular flexibility index (Phi) is 5.69. The summed E-state index contributed by atoms with van der Waals surface area (Å²) >= 11 is 0. The molecule has 0 aliphatic rings. The molecule has 0 aliphatic heterocycles. The normalized spacial score (nSPS) is 10.5. The maximum Gasteiger partial charge on any atom is 0.336 e. The standard InChI is InChI=1S/C23H23NO2/c1-2-20-21(23(25)26)14-9-15-22(20)24(16-18-10-5-3-6-11-18)17-19-12-7-4-8-13-19/h3-15H,2,16-17H2,1H3,(H,25,26). The molecule has 0 saturated carbocycles. The average Bonchev–Trinajstić information content (AvgIpc) is 2.68. The van der Waals surface area contributed by atoms with Crippen molar-refractivity contribution in [3.63, 3.8) is 0 Å². The van der Waals surface area contributed by atoms with E-state index < -0.39 is 5.97 Å². The molecule has 26 heavy (non-hydrogen) atoms. The van der Waals surface area contributed by atoms with Crippen LogP contribution in [0, 0.1) is 0 Å². The first-order valence-corrected chi connectivity index (χ1v) is 8.87. The Morgan fingerprint density at radius 3 is 1.81 bits per heavy atom. The van der Waals surface area contributed by atoms with Crippen molar-refractivity contribution in [2.45, 2.75) is 26.4 Å². The van der Waals surface area contributed by atoms with Gasteiger partial charge >= 0.3 is 5.97 Å². The third-order valence-electron chi connectivity index (χ3n) is 4.51. The summed E-state index contributed by atoms with van der Waals surface area (Å²) in [5.41, 5.74) is 4.65. The van der Waals surface area contributed by atoms with Crippen molar-refractivity contribution in [1.82, 2.24) is 0 Å². The molecule has 132 valence electrons. The van der Waals surface area contributed by atoms with Crippen LogP contribution < -0.4 is 4.90 Å². The molecule has 3 nitrogen and oxygen atoms in total. The Balaban J connectivity index is 2.02. The van der Waals surface area contributed by atoms with Gasteiger partial charge in [0.2, 0.25) is 0 Å². The Bertz CT molecular complexity index is 818. The van der Waals surface area contributed by atoms with Gasteiger partial charge < -0.3 is 10.0 Å². The van der Waals surface area contributed by atoms with Crippen LogP contribution in [0.5, 0.6) is 0 Å². The average molecular weight is 345 g/mol. The predicted octanol–water partition coefficient (Wildman–Crippen LogP) is 5.15. The van der Waals surface area contributed by atoms with Gasteiger partial charge in [-0.05, 0) is 35.2 Å². The third-order valence-corrected chi connectivity index (χ3v) is 4.51. The highest BCUT2D eigenvalue weighted by Crippen LogP contribution is 2.28. The van der Waals surface area contributed by atoms with Crippen molar-refractivity contribution in [3.8, 4) is 0 Å². The van der Waals surface area contributed by atoms with Crippen molar-refractivity contribution in [3.05, 3.63) is 101 Å². The minimum absolute atomic E-state index is 0.385. The molecule has 0 saturated heterocycles. The smallest absolute Gasteiger partial charge is 0.336 e. The van der Waals surface area contributed by atoms with Crippen LogP contribution >= 0.6 is 0 Å². The fourth-order valence-electron chi connectivity index (χ4n) is 3.28. The highest BCUT2D eigenvalue weighted by atomic mass is 16.4. The quantitative estimate of drug-likeness (QED) is 0.643. The van der Waals surface area contributed by atoms with Gasteiger partial charge in [0.25, 0.3) is 0 Å². The molecule has 0 bridgehead atoms. The van der Waals surface area contributed by atoms with E-state index in [0.717, 1.165) is 24.3 Å². The van der Waals surface area contributed by atoms with Crippen molar-refractivity contribution >= 4 is 11.7 Å². The molecule has 3 rings (SSSR count). The monoisotopic (exact) mass is 345 g/mol. The van der Waals surface area contributed by atoms with E-state index in [0.29, 0.717) is 12.0 Å². The number of anilines is 1. The van der Waals surface area contributed by atoms with Crippen LogP contribution in [-0.4, -0.2) is 11.1 Å². The number of rotatable bonds is 7. The number of carboxylic acids is 1. The van der Waals surface area contributed by atoms with Crippen LogP contribution in [0.2, 0.25) is 0 Å². The first-order chi connectivity index (χ1) is 12.7. The van der Waals surface area contributed by atoms with Gasteiger partial charge in [-0.2, -0.15) is 0 Å². The molecule has 1 N–H and O–H groups in total. The second kappa shape index (κ2) is 8.34. The Morgan fingerprint density at radius 1 is 0.808 bits per heavy atom. The first-order valence-electron chi connectivity index (χ1n) is 8.87. The molecule has 0 radical (unpaired) electrons. The van der Waals surface area contributed by atoms with Crippen LogP contribution in [0.15, 0.2) is 78.9 Å². The predicted molar refractivity (Wildman–Crippen MR) is 106 cm³/mol. The minimum Gasteiger partial charge on any atom is -0.478 e. The molecule has 0 aromatic heterocycles. The molecule has 0 atom stereocenters. The van der Waals surface area contributed by atoms with Crippen LogP contribution in [0.1, 0.15) is 34.0 Å². The van der Waals surface area contributed by atoms with Gasteiger partial charge in [-0.3, -0.25) is 0 Å². The van der Waals surface area contributed by atoms with E-state index in [9.17, 15) is 9.90 Å². The molecular weight excluding hydrogens is 322 g/mol. The van der Waals surface area contributed by atoms with Crippen molar-refractivity contribution in [2.75, 3.05) is 4.90 Å². The van der Waals surface area contributed by atoms with Gasteiger partial charge in [0, 0.05) is 18.8 Å². The number of benzene rings is 3. The van der Waals surface area contributed by atoms with E-state index in [1.807, 2.05) is 55.5 Å². The van der Waals surface area contributed by atoms with E-state index in [1.165, 1.54) is 11.1 Å². The summed E-state index contributed by atoms with van der Waals surface area (Å²) < 4.78 is 0. The molecule has 0 aliphatic carbocycles. The number of hydrogen-bond acceptors (Lipinski definition) is 2. The fraction of sp³-hybridized carbons (Fsp3) is 0.174. The number of aromatic carboxylic acids is 1. The molecule has 0 amide bonds. The largest absolute Gasteiger partial charge is 0.478 e. The number of hydrogen-bond donors (Lipinski definition) is 1. The summed E-state index contributed by atoms with van der Waals surface area (Å²) in [4.78, 5) is 13.9. The fourth-order valence-corrected chi connectivity index (χ4v) is 3.28. The minimum atomic E-state index is -0.872. The first kappa shape index (κ1) is 17.7. The second-order valence-electron chi connectivity index (χ2n) is 6.29. The lowest BCUT2D eigenvalue weighted by Crippen LogP contribution is -2.24. The Hall–Kier alpha value is -3.07. The zero-order valence-electron chi connectivity index (χ0n) is 14.9. The van der Waals surface area contributed by atoms with Crippen LogP contribution in [-0.2, 0) is 19.5 Å². The van der Waals surface area contributed by atoms with E-state index in [4.69, 9.17) is 0 Å². The molecule has 0 heterocycles. The Morgan fingerprint density at radius 2 is 1.35 bits per heavy atom. The molecule has 3 aromatic rings. The zero-order valence-corrected chi connectivity index (χ0v) is 14.9. The summed E-state index contributed by atoms with van der Waals surface area (Å²) in [6.45, 7) is 3.46. The van der Waals surface area contributed by atoms with Gasteiger partial charge in [0.05, 0.1) is 5.56 Å². The number of nitrogens with zero attached hydrogens (tertiary/aromatic N) is 1. The Labute approximate surface area is 154 Å². The van der Waals surface area contributed by atoms with Gasteiger partial charge in [0.15, 0.2) is 0 Å². The molecule has 0 fully saturated rings. The third kappa shape index (κ3) is 4.12. The van der Waals surface area contributed by atoms with Crippen LogP contribution in [0.25, 0.3) is 0 Å². The van der Waals surface area contributed by atoms with Gasteiger partial charge in [-0.25, -0.2) is 4.79 Å². The SMILES string of the molecule is CCc1c(C(=O)O)cccc1N(Cc1ccccc1)Cc1ccccc1. The highest BCUT2D eigenvalue weighted by molar-refractivity contribution is 5.91. The molecule has 0 spiro atoms. The molecular formula is C23H23NO2. The van der Waals surface area contributed by atoms with Crippen LogP contribution in [0.3, 0.4) is 0 Å². The van der Waals surface area contributed by atoms with Gasteiger partial charge in [-0.1, -0.05) is 73.7 Å². The van der Waals surface area contributed by atoms with E-state index in [-0.39, 0.29) is 0 Å². The summed E-state index contributed by atoms with van der Waals surface area (Å²) in [7, 11) is 0. The topological polar surface area (TPSA) is 40.5 Å². The van der Waals surface area contributed by atoms with Crippen molar-refractivity contribution in [1.29, 1.82) is 0 Å². The van der Waals surface area contributed by atoms with E-state index in [2.05, 4.69) is 29.2 Å². The summed E-state index contributed by atoms with van der Waals surface area (Å²) in [6, 6.07) is 26.1. The maximum absolute atomic E-state index is 11.7. The van der Waals surface area contributed by atoms with E-state index in [1.54, 1.807) is 6.07 Å². The van der Waals surface area contributed by atoms with Crippen LogP contribution in [0.4, 0.5) is 5.69 Å². The molecule has 3 aromatic carbocycles. The lowest BCUT2D eigenvalue weighted by molar-refractivity contribution is 0.0696. The summed E-state index contributed by atoms with van der Waals surface area (Å²) in [6.07, 6.45) is 0.678. The van der Waals surface area contributed by atoms with Gasteiger partial charge in [0.1, 0.15) is 0 Å². The lowest BCUT2D eigenvalue weighted by atomic mass is 10.0. The van der Waals surface area contributed by atoms with E-state index >= 15 is 0 Å². The van der Waals surface area contributed by atoms with Crippen molar-refractivity contribution < 1.29 is 9.90 Å². The molecule has 3 heteroatoms. The van der Waals surface area contributed by atoms with Crippen molar-refractivity contribution in [2.24, 2.45) is 0 Å². The number of carbonyl (C=O) groups is 1. The van der Waals surface area contributed by atoms with Gasteiger partial charge in [-0.15, -0.1) is 0 Å². The lowest BCUT2D eigenvalue weighted by Gasteiger charge is -2.28. The highest BCUT2D eigenvalue weighted by Gasteiger charge is 2.17. The maximum atomic E-state index is 11.7.